The van der Waals surface area contributed by atoms with Crippen molar-refractivity contribution in [3.05, 3.63) is 154 Å². The van der Waals surface area contributed by atoms with Gasteiger partial charge in [-0.3, -0.25) is 0 Å². The highest BCUT2D eigenvalue weighted by Crippen LogP contribution is 2.57. The molecule has 0 bridgehead atoms. The molecular weight excluding hydrogens is 452 g/mol. The van der Waals surface area contributed by atoms with E-state index >= 15 is 0 Å². The van der Waals surface area contributed by atoms with E-state index in [2.05, 4.69) is 52.3 Å². The molecule has 6 rings (SSSR count). The molecule has 0 amide bonds. The molecule has 152 valence electrons. The van der Waals surface area contributed by atoms with Crippen molar-refractivity contribution in [2.24, 2.45) is 0 Å². The summed E-state index contributed by atoms with van der Waals surface area (Å²) in [4.78, 5) is 0. The first-order chi connectivity index (χ1) is 17.9. The first-order valence-electron chi connectivity index (χ1n) is 13.0. The van der Waals surface area contributed by atoms with Crippen LogP contribution in [0.4, 0.5) is 0 Å². The highest BCUT2D eigenvalue weighted by molar-refractivity contribution is 9.10. The Labute approximate surface area is 204 Å². The summed E-state index contributed by atoms with van der Waals surface area (Å²) in [6.45, 7) is 0. The summed E-state index contributed by atoms with van der Waals surface area (Å²) in [6.07, 6.45) is 0. The first kappa shape index (κ1) is 14.6. The molecule has 0 heterocycles. The van der Waals surface area contributed by atoms with Crippen molar-refractivity contribution in [2.45, 2.75) is 5.41 Å². The summed E-state index contributed by atoms with van der Waals surface area (Å²) in [5, 5.41) is 0. The third-order valence-corrected chi connectivity index (χ3v) is 6.79. The van der Waals surface area contributed by atoms with E-state index in [1.165, 1.54) is 0 Å². The fraction of sp³-hybridized carbons (Fsp3) is 0.0323. The predicted molar refractivity (Wildman–Crippen MR) is 137 cm³/mol. The number of halogens is 1. The molecule has 32 heavy (non-hydrogen) atoms. The van der Waals surface area contributed by atoms with Crippen LogP contribution in [-0.2, 0) is 5.41 Å². The van der Waals surface area contributed by atoms with E-state index in [1.807, 2.05) is 60.7 Å². The second-order valence-electron chi connectivity index (χ2n) is 7.93. The zero-order valence-electron chi connectivity index (χ0n) is 22.1. The van der Waals surface area contributed by atoms with E-state index in [-0.39, 0.29) is 35.8 Å². The minimum Gasteiger partial charge on any atom is -0.0622 e. The van der Waals surface area contributed by atoms with Crippen LogP contribution in [0.3, 0.4) is 0 Å². The molecule has 0 aromatic heterocycles. The van der Waals surface area contributed by atoms with Gasteiger partial charge in [0, 0.05) is 4.47 Å². The first-order valence-corrected chi connectivity index (χ1v) is 11.3. The molecule has 0 saturated heterocycles. The molecule has 5 aromatic rings. The van der Waals surface area contributed by atoms with E-state index in [4.69, 9.17) is 6.85 Å². The van der Waals surface area contributed by atoms with Gasteiger partial charge in [-0.05, 0) is 62.7 Å². The maximum atomic E-state index is 8.57. The Morgan fingerprint density at radius 3 is 1.75 bits per heavy atom. The molecule has 1 heteroatoms. The zero-order chi connectivity index (χ0) is 25.9. The van der Waals surface area contributed by atoms with Gasteiger partial charge in [0.15, 0.2) is 0 Å². The molecule has 0 saturated carbocycles. The van der Waals surface area contributed by atoms with Crippen LogP contribution in [0.5, 0.6) is 0 Å². The lowest BCUT2D eigenvalue weighted by molar-refractivity contribution is 0.768. The molecule has 1 aliphatic rings. The Balaban J connectivity index is 1.75. The second kappa shape index (κ2) is 7.62. The van der Waals surface area contributed by atoms with Crippen molar-refractivity contribution >= 4 is 15.9 Å². The third kappa shape index (κ3) is 2.82. The quantitative estimate of drug-likeness (QED) is 0.239. The Bertz CT molecular complexity index is 1610. The average Bonchev–Trinajstić information content (AvgIpc) is 3.21. The monoisotopic (exact) mass is 477 g/mol. The lowest BCUT2D eigenvalue weighted by Gasteiger charge is -2.34. The van der Waals surface area contributed by atoms with Gasteiger partial charge in [0.05, 0.1) is 12.3 Å². The molecule has 0 aliphatic heterocycles. The molecule has 0 fully saturated rings. The zero-order valence-corrected chi connectivity index (χ0v) is 18.7. The van der Waals surface area contributed by atoms with Crippen LogP contribution in [0, 0.1) is 0 Å². The van der Waals surface area contributed by atoms with Crippen LogP contribution in [0.2, 0.25) is 0 Å². The number of fused-ring (bicyclic) bond motifs is 3. The van der Waals surface area contributed by atoms with Crippen LogP contribution in [0.25, 0.3) is 22.3 Å². The number of benzene rings is 5. The third-order valence-electron chi connectivity index (χ3n) is 6.30. The van der Waals surface area contributed by atoms with Gasteiger partial charge >= 0.3 is 0 Å². The standard InChI is InChI=1S/C31H21Br/c32-26-17-19-28-27-18-16-23(22-10-4-1-5-11-22)20-29(27)31(30(28)21-26,24-12-6-2-7-13-24)25-14-8-3-9-15-25/h1-21H/i1D,4D,5D,10D,11D. The van der Waals surface area contributed by atoms with Gasteiger partial charge in [-0.25, -0.2) is 0 Å². The van der Waals surface area contributed by atoms with Crippen LogP contribution in [0.15, 0.2) is 132 Å². The Hall–Kier alpha value is -3.42. The van der Waals surface area contributed by atoms with Crippen molar-refractivity contribution in [3.8, 4) is 22.3 Å². The molecule has 0 atom stereocenters. The van der Waals surface area contributed by atoms with E-state index < -0.39 is 5.41 Å². The largest absolute Gasteiger partial charge is 0.0714 e. The molecule has 0 radical (unpaired) electrons. The van der Waals surface area contributed by atoms with Crippen molar-refractivity contribution in [3.63, 3.8) is 0 Å². The van der Waals surface area contributed by atoms with Crippen LogP contribution >= 0.6 is 15.9 Å². The number of rotatable bonds is 3. The summed E-state index contributed by atoms with van der Waals surface area (Å²) in [5.74, 6) is 0. The van der Waals surface area contributed by atoms with E-state index in [0.717, 1.165) is 37.9 Å². The van der Waals surface area contributed by atoms with Gasteiger partial charge in [0.2, 0.25) is 0 Å². The minimum atomic E-state index is -0.652. The number of hydrogen-bond acceptors (Lipinski definition) is 0. The van der Waals surface area contributed by atoms with Gasteiger partial charge < -0.3 is 0 Å². The molecule has 0 spiro atoms. The van der Waals surface area contributed by atoms with Gasteiger partial charge in [-0.1, -0.05) is 125 Å². The fourth-order valence-electron chi connectivity index (χ4n) is 5.01. The van der Waals surface area contributed by atoms with E-state index in [0.29, 0.717) is 5.56 Å². The molecule has 5 aromatic carbocycles. The maximum Gasteiger partial charge on any atom is 0.0714 e. The highest BCUT2D eigenvalue weighted by Gasteiger charge is 2.46. The number of hydrogen-bond donors (Lipinski definition) is 0. The van der Waals surface area contributed by atoms with Crippen molar-refractivity contribution in [1.29, 1.82) is 0 Å². The summed E-state index contributed by atoms with van der Waals surface area (Å²) in [5.41, 5.74) is 6.66. The van der Waals surface area contributed by atoms with Gasteiger partial charge in [0.25, 0.3) is 0 Å². The van der Waals surface area contributed by atoms with Crippen molar-refractivity contribution in [2.75, 3.05) is 0 Å². The lowest BCUT2D eigenvalue weighted by Crippen LogP contribution is -2.28. The molecule has 0 N–H and O–H groups in total. The SMILES string of the molecule is [2H]c1c([2H])c([2H])c(-c2ccc3c(c2)C(c2ccccc2)(c2ccccc2)c2cc(Br)ccc2-3)c([2H])c1[2H]. The highest BCUT2D eigenvalue weighted by atomic mass is 79.9. The Morgan fingerprint density at radius 1 is 0.562 bits per heavy atom. The second-order valence-corrected chi connectivity index (χ2v) is 8.85. The summed E-state index contributed by atoms with van der Waals surface area (Å²) >= 11 is 3.69. The van der Waals surface area contributed by atoms with E-state index in [1.54, 1.807) is 0 Å². The fourth-order valence-corrected chi connectivity index (χ4v) is 5.37. The van der Waals surface area contributed by atoms with Gasteiger partial charge in [-0.2, -0.15) is 0 Å². The lowest BCUT2D eigenvalue weighted by atomic mass is 9.67. The minimum absolute atomic E-state index is 0.200. The van der Waals surface area contributed by atoms with Crippen molar-refractivity contribution < 1.29 is 6.85 Å². The van der Waals surface area contributed by atoms with Crippen molar-refractivity contribution in [1.82, 2.24) is 0 Å². The normalized spacial score (nSPS) is 15.6. The van der Waals surface area contributed by atoms with Crippen LogP contribution in [-0.4, -0.2) is 0 Å². The van der Waals surface area contributed by atoms with E-state index in [9.17, 15) is 0 Å². The van der Waals surface area contributed by atoms with Crippen LogP contribution in [0.1, 0.15) is 29.1 Å². The topological polar surface area (TPSA) is 0 Å². The molecule has 0 nitrogen and oxygen atoms in total. The molecule has 1 aliphatic carbocycles. The summed E-state index contributed by atoms with van der Waals surface area (Å²) in [7, 11) is 0. The van der Waals surface area contributed by atoms with Gasteiger partial charge in [0.1, 0.15) is 0 Å². The predicted octanol–water partition coefficient (Wildman–Crippen LogP) is 8.48. The average molecular weight is 478 g/mol. The smallest absolute Gasteiger partial charge is 0.0622 e. The molecule has 0 unspecified atom stereocenters. The Morgan fingerprint density at radius 2 is 1.12 bits per heavy atom. The molecular formula is C31H21Br. The van der Waals surface area contributed by atoms with Crippen LogP contribution < -0.4 is 0 Å². The van der Waals surface area contributed by atoms with Gasteiger partial charge in [-0.15, -0.1) is 0 Å². The maximum absolute atomic E-state index is 8.57. The summed E-state index contributed by atoms with van der Waals surface area (Å²) < 4.78 is 42.5. The Kier molecular flexibility index (Phi) is 3.48. The summed E-state index contributed by atoms with van der Waals surface area (Å²) in [6, 6.07) is 31.4.